The maximum atomic E-state index is 10.7. The molecule has 1 heterocycles. The number of anilines is 1. The van der Waals surface area contributed by atoms with Gasteiger partial charge in [0.2, 0.25) is 0 Å². The van der Waals surface area contributed by atoms with Crippen LogP contribution in [0.4, 0.5) is 5.69 Å². The lowest BCUT2D eigenvalue weighted by Crippen LogP contribution is -2.13. The van der Waals surface area contributed by atoms with Gasteiger partial charge < -0.3 is 14.7 Å². The molecule has 1 aliphatic heterocycles. The Labute approximate surface area is 81.0 Å². The summed E-state index contributed by atoms with van der Waals surface area (Å²) in [6.07, 6.45) is 3.29. The minimum absolute atomic E-state index is 0.229. The molecule has 72 valence electrons. The van der Waals surface area contributed by atoms with Gasteiger partial charge in [-0.05, 0) is 18.2 Å². The summed E-state index contributed by atoms with van der Waals surface area (Å²) in [5, 5.41) is 8.77. The number of ether oxygens (including phenoxy) is 1. The van der Waals surface area contributed by atoms with Crippen LogP contribution in [0.5, 0.6) is 5.75 Å². The number of benzene rings is 1. The van der Waals surface area contributed by atoms with Crippen molar-refractivity contribution in [1.29, 1.82) is 0 Å². The molecule has 1 aromatic carbocycles. The van der Waals surface area contributed by atoms with E-state index in [0.29, 0.717) is 5.75 Å². The lowest BCUT2D eigenvalue weighted by molar-refractivity contribution is 0.0696. The molecule has 0 bridgehead atoms. The van der Waals surface area contributed by atoms with Crippen LogP contribution < -0.4 is 9.64 Å². The van der Waals surface area contributed by atoms with Crippen LogP contribution in [0.3, 0.4) is 0 Å². The SMILES string of the molecule is CN1C=COc2cc(C(=O)O)ccc21. The predicted octanol–water partition coefficient (Wildman–Crippen LogP) is 1.68. The van der Waals surface area contributed by atoms with E-state index < -0.39 is 5.97 Å². The summed E-state index contributed by atoms with van der Waals surface area (Å²) >= 11 is 0. The van der Waals surface area contributed by atoms with Gasteiger partial charge in [-0.25, -0.2) is 4.79 Å². The van der Waals surface area contributed by atoms with Gasteiger partial charge in [0, 0.05) is 13.2 Å². The van der Waals surface area contributed by atoms with Crippen molar-refractivity contribution in [3.05, 3.63) is 36.2 Å². The minimum Gasteiger partial charge on any atom is -0.478 e. The molecule has 1 N–H and O–H groups in total. The minimum atomic E-state index is -0.950. The van der Waals surface area contributed by atoms with E-state index in [9.17, 15) is 4.79 Å². The Hall–Kier alpha value is -1.97. The van der Waals surface area contributed by atoms with Gasteiger partial charge in [-0.2, -0.15) is 0 Å². The monoisotopic (exact) mass is 191 g/mol. The van der Waals surface area contributed by atoms with Crippen molar-refractivity contribution in [3.8, 4) is 5.75 Å². The molecule has 4 nitrogen and oxygen atoms in total. The second-order valence-electron chi connectivity index (χ2n) is 3.00. The highest BCUT2D eigenvalue weighted by Gasteiger charge is 2.13. The largest absolute Gasteiger partial charge is 0.478 e. The van der Waals surface area contributed by atoms with E-state index in [1.54, 1.807) is 18.3 Å². The molecule has 1 aliphatic rings. The third-order valence-corrected chi connectivity index (χ3v) is 2.07. The highest BCUT2D eigenvalue weighted by Crippen LogP contribution is 2.31. The molecule has 0 spiro atoms. The molecule has 14 heavy (non-hydrogen) atoms. The van der Waals surface area contributed by atoms with E-state index in [-0.39, 0.29) is 5.56 Å². The number of carboxylic acid groups (broad SMARTS) is 1. The molecule has 2 rings (SSSR count). The highest BCUT2D eigenvalue weighted by atomic mass is 16.5. The van der Waals surface area contributed by atoms with Gasteiger partial charge in [0.05, 0.1) is 11.3 Å². The first-order chi connectivity index (χ1) is 6.68. The van der Waals surface area contributed by atoms with Crippen molar-refractivity contribution in [2.75, 3.05) is 11.9 Å². The number of aromatic carboxylic acids is 1. The number of hydrogen-bond acceptors (Lipinski definition) is 3. The van der Waals surface area contributed by atoms with Crippen LogP contribution >= 0.6 is 0 Å². The van der Waals surface area contributed by atoms with Gasteiger partial charge >= 0.3 is 5.97 Å². The number of rotatable bonds is 1. The van der Waals surface area contributed by atoms with E-state index in [2.05, 4.69) is 0 Å². The summed E-state index contributed by atoms with van der Waals surface area (Å²) in [4.78, 5) is 12.5. The van der Waals surface area contributed by atoms with Crippen molar-refractivity contribution >= 4 is 11.7 Å². The fraction of sp³-hybridized carbons (Fsp3) is 0.100. The molecular weight excluding hydrogens is 182 g/mol. The summed E-state index contributed by atoms with van der Waals surface area (Å²) in [5.74, 6) is -0.386. The number of carboxylic acids is 1. The molecule has 0 radical (unpaired) electrons. The van der Waals surface area contributed by atoms with Crippen LogP contribution in [-0.2, 0) is 0 Å². The molecule has 0 amide bonds. The third kappa shape index (κ3) is 1.31. The Bertz CT molecular complexity index is 412. The van der Waals surface area contributed by atoms with Gasteiger partial charge in [-0.3, -0.25) is 0 Å². The Morgan fingerprint density at radius 3 is 3.00 bits per heavy atom. The van der Waals surface area contributed by atoms with Crippen LogP contribution in [0.15, 0.2) is 30.7 Å². The Kier molecular flexibility index (Phi) is 1.89. The third-order valence-electron chi connectivity index (χ3n) is 2.07. The smallest absolute Gasteiger partial charge is 0.335 e. The predicted molar refractivity (Wildman–Crippen MR) is 51.6 cm³/mol. The second kappa shape index (κ2) is 3.06. The van der Waals surface area contributed by atoms with E-state index in [1.807, 2.05) is 11.9 Å². The van der Waals surface area contributed by atoms with Gasteiger partial charge in [-0.1, -0.05) is 0 Å². The molecule has 0 atom stereocenters. The molecule has 4 heteroatoms. The summed E-state index contributed by atoms with van der Waals surface area (Å²) in [6.45, 7) is 0. The molecule has 0 saturated carbocycles. The van der Waals surface area contributed by atoms with Gasteiger partial charge in [0.1, 0.15) is 6.26 Å². The first-order valence-electron chi connectivity index (χ1n) is 4.12. The van der Waals surface area contributed by atoms with E-state index in [0.717, 1.165) is 5.69 Å². The van der Waals surface area contributed by atoms with Crippen molar-refractivity contribution in [2.24, 2.45) is 0 Å². The van der Waals surface area contributed by atoms with Crippen molar-refractivity contribution in [3.63, 3.8) is 0 Å². The summed E-state index contributed by atoms with van der Waals surface area (Å²) in [6, 6.07) is 4.79. The standard InChI is InChI=1S/C10H9NO3/c1-11-4-5-14-9-6-7(10(12)13)2-3-8(9)11/h2-6H,1H3,(H,12,13). The maximum absolute atomic E-state index is 10.7. The second-order valence-corrected chi connectivity index (χ2v) is 3.00. The fourth-order valence-corrected chi connectivity index (χ4v) is 1.31. The summed E-state index contributed by atoms with van der Waals surface area (Å²) in [5.41, 5.74) is 1.09. The lowest BCUT2D eigenvalue weighted by Gasteiger charge is -2.21. The summed E-state index contributed by atoms with van der Waals surface area (Å²) in [7, 11) is 1.87. The molecule has 0 aromatic heterocycles. The number of nitrogens with zero attached hydrogens (tertiary/aromatic N) is 1. The average molecular weight is 191 g/mol. The Morgan fingerprint density at radius 2 is 2.29 bits per heavy atom. The first-order valence-corrected chi connectivity index (χ1v) is 4.12. The number of hydrogen-bond donors (Lipinski definition) is 1. The van der Waals surface area contributed by atoms with Crippen molar-refractivity contribution < 1.29 is 14.6 Å². The first kappa shape index (κ1) is 8.62. The molecular formula is C10H9NO3. The van der Waals surface area contributed by atoms with Crippen LogP contribution in [0, 0.1) is 0 Å². The highest BCUT2D eigenvalue weighted by molar-refractivity contribution is 5.89. The lowest BCUT2D eigenvalue weighted by atomic mass is 10.1. The van der Waals surface area contributed by atoms with Gasteiger partial charge in [0.25, 0.3) is 0 Å². The zero-order valence-electron chi connectivity index (χ0n) is 7.60. The van der Waals surface area contributed by atoms with Crippen LogP contribution in [0.2, 0.25) is 0 Å². The summed E-state index contributed by atoms with van der Waals surface area (Å²) < 4.78 is 5.20. The van der Waals surface area contributed by atoms with Crippen molar-refractivity contribution in [1.82, 2.24) is 0 Å². The van der Waals surface area contributed by atoms with Crippen LogP contribution in [0.25, 0.3) is 0 Å². The van der Waals surface area contributed by atoms with Gasteiger partial charge in [0.15, 0.2) is 5.75 Å². The zero-order valence-corrected chi connectivity index (χ0v) is 7.60. The van der Waals surface area contributed by atoms with Crippen LogP contribution in [0.1, 0.15) is 10.4 Å². The van der Waals surface area contributed by atoms with E-state index in [4.69, 9.17) is 9.84 Å². The number of fused-ring (bicyclic) bond motifs is 1. The molecule has 0 aliphatic carbocycles. The fourth-order valence-electron chi connectivity index (χ4n) is 1.31. The number of carbonyl (C=O) groups is 1. The maximum Gasteiger partial charge on any atom is 0.335 e. The quantitative estimate of drug-likeness (QED) is 0.733. The van der Waals surface area contributed by atoms with Crippen molar-refractivity contribution in [2.45, 2.75) is 0 Å². The molecule has 1 aromatic rings. The van der Waals surface area contributed by atoms with Gasteiger partial charge in [-0.15, -0.1) is 0 Å². The normalized spacial score (nSPS) is 13.4. The van der Waals surface area contributed by atoms with E-state index >= 15 is 0 Å². The van der Waals surface area contributed by atoms with Crippen LogP contribution in [-0.4, -0.2) is 18.1 Å². The Balaban J connectivity index is 2.47. The topological polar surface area (TPSA) is 49.8 Å². The molecule has 0 unspecified atom stereocenters. The van der Waals surface area contributed by atoms with E-state index in [1.165, 1.54) is 12.3 Å². The Morgan fingerprint density at radius 1 is 1.50 bits per heavy atom. The average Bonchev–Trinajstić information content (AvgIpc) is 2.17. The zero-order chi connectivity index (χ0) is 10.1. The molecule has 0 saturated heterocycles. The molecule has 0 fully saturated rings.